The second-order valence-electron chi connectivity index (χ2n) is 7.12. The molecule has 1 saturated heterocycles. The number of nitriles is 1. The Morgan fingerprint density at radius 3 is 2.61 bits per heavy atom. The van der Waals surface area contributed by atoms with Crippen LogP contribution in [0.5, 0.6) is 0 Å². The van der Waals surface area contributed by atoms with Crippen molar-refractivity contribution in [1.29, 1.82) is 5.26 Å². The zero-order chi connectivity index (χ0) is 22.0. The number of aryl methyl sites for hydroxylation is 1. The van der Waals surface area contributed by atoms with Gasteiger partial charge in [0.05, 0.1) is 6.26 Å². The van der Waals surface area contributed by atoms with Crippen molar-refractivity contribution >= 4 is 17.8 Å². The van der Waals surface area contributed by atoms with Gasteiger partial charge >= 0.3 is 5.97 Å². The summed E-state index contributed by atoms with van der Waals surface area (Å²) in [5.41, 5.74) is 1.49. The fourth-order valence-corrected chi connectivity index (χ4v) is 3.37. The predicted octanol–water partition coefficient (Wildman–Crippen LogP) is 1.96. The number of furan rings is 1. The molecule has 0 bridgehead atoms. The zero-order valence-corrected chi connectivity index (χ0v) is 17.2. The molecule has 0 saturated carbocycles. The van der Waals surface area contributed by atoms with E-state index in [2.05, 4.69) is 4.98 Å². The minimum Gasteiger partial charge on any atom is -0.459 e. The second-order valence-corrected chi connectivity index (χ2v) is 7.12. The SMILES string of the molecule is Cc1ccc(C(=O)OCC(=O)N2CCN(c3oc(-c4ccco4)nc3C#N)CC2)n1C. The number of oxazole rings is 1. The van der Waals surface area contributed by atoms with Gasteiger partial charge in [0.2, 0.25) is 11.6 Å². The number of hydrogen-bond donors (Lipinski definition) is 0. The summed E-state index contributed by atoms with van der Waals surface area (Å²) in [6.45, 7) is 3.28. The van der Waals surface area contributed by atoms with Crippen LogP contribution in [-0.2, 0) is 16.6 Å². The van der Waals surface area contributed by atoms with Crippen LogP contribution in [0.4, 0.5) is 5.88 Å². The Kier molecular flexibility index (Phi) is 5.49. The fraction of sp³-hybridized carbons (Fsp3) is 0.333. The molecule has 10 nitrogen and oxygen atoms in total. The van der Waals surface area contributed by atoms with Gasteiger partial charge in [-0.15, -0.1) is 0 Å². The van der Waals surface area contributed by atoms with Crippen LogP contribution in [0.15, 0.2) is 39.4 Å². The smallest absolute Gasteiger partial charge is 0.355 e. The molecule has 10 heteroatoms. The number of piperazine rings is 1. The Bertz CT molecular complexity index is 1130. The van der Waals surface area contributed by atoms with Crippen LogP contribution in [0.3, 0.4) is 0 Å². The van der Waals surface area contributed by atoms with E-state index < -0.39 is 5.97 Å². The van der Waals surface area contributed by atoms with E-state index in [0.29, 0.717) is 43.5 Å². The van der Waals surface area contributed by atoms with Gasteiger partial charge in [-0.1, -0.05) is 0 Å². The summed E-state index contributed by atoms with van der Waals surface area (Å²) in [6.07, 6.45) is 1.50. The van der Waals surface area contributed by atoms with Crippen molar-refractivity contribution in [3.8, 4) is 17.7 Å². The van der Waals surface area contributed by atoms with Gasteiger partial charge in [0.1, 0.15) is 11.8 Å². The van der Waals surface area contributed by atoms with Gasteiger partial charge in [-0.25, -0.2) is 4.79 Å². The monoisotopic (exact) mass is 423 g/mol. The highest BCUT2D eigenvalue weighted by molar-refractivity contribution is 5.90. The Morgan fingerprint density at radius 1 is 1.23 bits per heavy atom. The molecule has 160 valence electrons. The van der Waals surface area contributed by atoms with Crippen LogP contribution in [0.2, 0.25) is 0 Å². The highest BCUT2D eigenvalue weighted by Crippen LogP contribution is 2.29. The highest BCUT2D eigenvalue weighted by Gasteiger charge is 2.27. The molecule has 0 spiro atoms. The summed E-state index contributed by atoms with van der Waals surface area (Å²) >= 11 is 0. The largest absolute Gasteiger partial charge is 0.459 e. The Balaban J connectivity index is 1.33. The minimum atomic E-state index is -0.534. The van der Waals surface area contributed by atoms with Crippen LogP contribution in [0.1, 0.15) is 21.9 Å². The number of amides is 1. The number of anilines is 1. The summed E-state index contributed by atoms with van der Waals surface area (Å²) in [5, 5.41) is 9.39. The summed E-state index contributed by atoms with van der Waals surface area (Å²) in [7, 11) is 1.77. The number of carbonyl (C=O) groups excluding carboxylic acids is 2. The molecule has 0 atom stereocenters. The average Bonchev–Trinajstić information content (AvgIpc) is 3.53. The molecule has 0 N–H and O–H groups in total. The van der Waals surface area contributed by atoms with Crippen LogP contribution in [0.25, 0.3) is 11.7 Å². The van der Waals surface area contributed by atoms with Crippen molar-refractivity contribution in [3.05, 3.63) is 47.6 Å². The molecule has 1 aliphatic rings. The topological polar surface area (TPSA) is 118 Å². The van der Waals surface area contributed by atoms with Crippen molar-refractivity contribution in [2.75, 3.05) is 37.7 Å². The van der Waals surface area contributed by atoms with E-state index >= 15 is 0 Å². The van der Waals surface area contributed by atoms with E-state index in [1.54, 1.807) is 34.7 Å². The number of ether oxygens (including phenoxy) is 1. The first-order chi connectivity index (χ1) is 15.0. The first-order valence-corrected chi connectivity index (χ1v) is 9.75. The van der Waals surface area contributed by atoms with E-state index in [4.69, 9.17) is 13.6 Å². The first-order valence-electron chi connectivity index (χ1n) is 9.75. The molecular weight excluding hydrogens is 402 g/mol. The molecule has 0 radical (unpaired) electrons. The van der Waals surface area contributed by atoms with Crippen LogP contribution < -0.4 is 4.90 Å². The van der Waals surface area contributed by atoms with Gasteiger partial charge < -0.3 is 27.9 Å². The average molecular weight is 423 g/mol. The lowest BCUT2D eigenvalue weighted by Crippen LogP contribution is -2.50. The predicted molar refractivity (Wildman–Crippen MR) is 108 cm³/mol. The lowest BCUT2D eigenvalue weighted by Gasteiger charge is -2.34. The number of aromatic nitrogens is 2. The number of rotatable bonds is 5. The van der Waals surface area contributed by atoms with Crippen molar-refractivity contribution in [2.24, 2.45) is 7.05 Å². The lowest BCUT2D eigenvalue weighted by molar-refractivity contribution is -0.134. The lowest BCUT2D eigenvalue weighted by atomic mass is 10.3. The number of nitrogens with zero attached hydrogens (tertiary/aromatic N) is 5. The van der Waals surface area contributed by atoms with Crippen molar-refractivity contribution < 1.29 is 23.2 Å². The Labute approximate surface area is 178 Å². The van der Waals surface area contributed by atoms with Crippen molar-refractivity contribution in [1.82, 2.24) is 14.5 Å². The second kappa shape index (κ2) is 8.39. The first kappa shape index (κ1) is 20.3. The standard InChI is InChI=1S/C21H21N5O5/c1-14-5-6-16(24(14)2)21(28)30-13-18(27)25-7-9-26(10-8-25)20-15(12-22)23-19(31-20)17-4-3-11-29-17/h3-6,11H,7-10,13H2,1-2H3. The van der Waals surface area contributed by atoms with Crippen molar-refractivity contribution in [3.63, 3.8) is 0 Å². The third-order valence-electron chi connectivity index (χ3n) is 5.28. The maximum atomic E-state index is 12.5. The zero-order valence-electron chi connectivity index (χ0n) is 17.2. The van der Waals surface area contributed by atoms with Gasteiger partial charge in [0, 0.05) is 38.9 Å². The molecule has 4 heterocycles. The van der Waals surface area contributed by atoms with Gasteiger partial charge in [-0.2, -0.15) is 10.2 Å². The molecule has 0 aromatic carbocycles. The normalized spacial score (nSPS) is 13.8. The van der Waals surface area contributed by atoms with E-state index in [0.717, 1.165) is 5.69 Å². The minimum absolute atomic E-state index is 0.165. The third-order valence-corrected chi connectivity index (χ3v) is 5.28. The molecule has 4 rings (SSSR count). The van der Waals surface area contributed by atoms with Gasteiger partial charge in [-0.05, 0) is 31.2 Å². The Morgan fingerprint density at radius 2 is 2.00 bits per heavy atom. The molecule has 1 fully saturated rings. The molecule has 1 amide bonds. The number of carbonyl (C=O) groups is 2. The number of hydrogen-bond acceptors (Lipinski definition) is 8. The number of esters is 1. The van der Waals surface area contributed by atoms with Crippen LogP contribution in [-0.4, -0.2) is 59.1 Å². The third kappa shape index (κ3) is 4.02. The Hall–Kier alpha value is -4.00. The molecule has 0 aliphatic carbocycles. The van der Waals surface area contributed by atoms with E-state index in [1.807, 2.05) is 24.0 Å². The highest BCUT2D eigenvalue weighted by atomic mass is 16.5. The summed E-state index contributed by atoms with van der Waals surface area (Å²) in [4.78, 5) is 32.3. The van der Waals surface area contributed by atoms with Crippen LogP contribution >= 0.6 is 0 Å². The molecule has 31 heavy (non-hydrogen) atoms. The molecule has 3 aromatic rings. The van der Waals surface area contributed by atoms with E-state index in [1.165, 1.54) is 6.26 Å². The van der Waals surface area contributed by atoms with E-state index in [9.17, 15) is 14.9 Å². The van der Waals surface area contributed by atoms with Crippen LogP contribution in [0, 0.1) is 18.3 Å². The fourth-order valence-electron chi connectivity index (χ4n) is 3.37. The molecule has 1 aliphatic heterocycles. The quantitative estimate of drug-likeness (QED) is 0.572. The van der Waals surface area contributed by atoms with Gasteiger partial charge in [-0.3, -0.25) is 4.79 Å². The maximum absolute atomic E-state index is 12.5. The molecule has 0 unspecified atom stereocenters. The summed E-state index contributed by atoms with van der Waals surface area (Å²) in [6, 6.07) is 8.93. The summed E-state index contributed by atoms with van der Waals surface area (Å²) < 4.78 is 17.9. The van der Waals surface area contributed by atoms with Gasteiger partial charge in [0.25, 0.3) is 11.8 Å². The van der Waals surface area contributed by atoms with Crippen molar-refractivity contribution in [2.45, 2.75) is 6.92 Å². The van der Waals surface area contributed by atoms with Gasteiger partial charge in [0.15, 0.2) is 12.4 Å². The van der Waals surface area contributed by atoms with E-state index in [-0.39, 0.29) is 24.1 Å². The maximum Gasteiger partial charge on any atom is 0.355 e. The summed E-state index contributed by atoms with van der Waals surface area (Å²) in [5.74, 6) is 0.220. The molecule has 3 aromatic heterocycles. The molecular formula is C21H21N5O5.